The van der Waals surface area contributed by atoms with Crippen LogP contribution in [0.15, 0.2) is 0 Å². The smallest absolute Gasteiger partial charge is 0.0669 e. The van der Waals surface area contributed by atoms with Crippen LogP contribution < -0.4 is 0 Å². The minimum Gasteiger partial charge on any atom is -0.0669 e. The zero-order valence-corrected chi connectivity index (χ0v) is 7.56. The highest BCUT2D eigenvalue weighted by atomic mass is 127. The fourth-order valence-electron chi connectivity index (χ4n) is 0.270. The molecular formula is C4H5I2. The van der Waals surface area contributed by atoms with Gasteiger partial charge >= 0.3 is 0 Å². The fourth-order valence-corrected chi connectivity index (χ4v) is 1.33. The van der Waals surface area contributed by atoms with Crippen LogP contribution in [-0.2, 0) is 0 Å². The molecule has 1 unspecified atom stereocenters. The summed E-state index contributed by atoms with van der Waals surface area (Å²) >= 11 is 4.88. The Labute approximate surface area is 65.4 Å². The molecule has 1 radical (unpaired) electrons. The van der Waals surface area contributed by atoms with Crippen LogP contribution in [-0.4, -0.2) is 1.43 Å². The van der Waals surface area contributed by atoms with Crippen LogP contribution in [0.2, 0.25) is 0 Å². The average molecular weight is 307 g/mol. The van der Waals surface area contributed by atoms with Gasteiger partial charge < -0.3 is 0 Å². The van der Waals surface area contributed by atoms with Crippen LogP contribution >= 0.6 is 45.2 Å². The molecular weight excluding hydrogens is 302 g/mol. The summed E-state index contributed by atoms with van der Waals surface area (Å²) in [6.07, 6.45) is 1.30. The standard InChI is InChI=1S/C4H5I2/c1-3-2-4(3,5)6/h3H,1-2H2. The van der Waals surface area contributed by atoms with Crippen molar-refractivity contribution in [1.29, 1.82) is 0 Å². The van der Waals surface area contributed by atoms with Crippen molar-refractivity contribution in [3.8, 4) is 0 Å². The lowest BCUT2D eigenvalue weighted by Gasteiger charge is -1.86. The highest BCUT2D eigenvalue weighted by Crippen LogP contribution is 2.56. The number of hydrogen-bond acceptors (Lipinski definition) is 0. The molecule has 1 aliphatic carbocycles. The second-order valence-electron chi connectivity index (χ2n) is 1.66. The van der Waals surface area contributed by atoms with Crippen molar-refractivity contribution in [1.82, 2.24) is 0 Å². The molecule has 0 N–H and O–H groups in total. The van der Waals surface area contributed by atoms with E-state index in [2.05, 4.69) is 52.1 Å². The SMILES string of the molecule is [CH2]C1CC1(I)I. The van der Waals surface area contributed by atoms with Crippen molar-refractivity contribution in [2.24, 2.45) is 5.92 Å². The van der Waals surface area contributed by atoms with Gasteiger partial charge in [-0.1, -0.05) is 45.2 Å². The predicted molar refractivity (Wildman–Crippen MR) is 44.2 cm³/mol. The van der Waals surface area contributed by atoms with Gasteiger partial charge in [-0.25, -0.2) is 0 Å². The lowest BCUT2D eigenvalue weighted by molar-refractivity contribution is 1.13. The summed E-state index contributed by atoms with van der Waals surface area (Å²) in [4.78, 5) is 0. The van der Waals surface area contributed by atoms with Gasteiger partial charge in [0.2, 0.25) is 0 Å². The molecule has 0 spiro atoms. The first-order chi connectivity index (χ1) is 2.63. The molecule has 0 amide bonds. The summed E-state index contributed by atoms with van der Waals surface area (Å²) in [6.45, 7) is 3.89. The molecule has 0 bridgehead atoms. The van der Waals surface area contributed by atoms with Crippen molar-refractivity contribution in [3.63, 3.8) is 0 Å². The van der Waals surface area contributed by atoms with Gasteiger partial charge in [0.05, 0.1) is 1.43 Å². The van der Waals surface area contributed by atoms with E-state index in [1.165, 1.54) is 6.42 Å². The highest BCUT2D eigenvalue weighted by Gasteiger charge is 2.46. The van der Waals surface area contributed by atoms with Gasteiger partial charge in [-0.2, -0.15) is 0 Å². The fraction of sp³-hybridized carbons (Fsp3) is 0.750. The summed E-state index contributed by atoms with van der Waals surface area (Å²) in [5.41, 5.74) is 0. The third-order valence-corrected chi connectivity index (χ3v) is 3.60. The molecule has 1 fully saturated rings. The van der Waals surface area contributed by atoms with Crippen molar-refractivity contribution in [2.75, 3.05) is 0 Å². The Morgan fingerprint density at radius 2 is 1.83 bits per heavy atom. The molecule has 2 heteroatoms. The van der Waals surface area contributed by atoms with Crippen LogP contribution in [0.25, 0.3) is 0 Å². The van der Waals surface area contributed by atoms with Crippen LogP contribution in [0, 0.1) is 12.8 Å². The minimum absolute atomic E-state index is 0.537. The molecule has 0 saturated heterocycles. The first kappa shape index (κ1) is 5.59. The lowest BCUT2D eigenvalue weighted by atomic mass is 10.5. The zero-order chi connectivity index (χ0) is 4.78. The van der Waals surface area contributed by atoms with E-state index in [0.717, 1.165) is 5.92 Å². The van der Waals surface area contributed by atoms with E-state index in [1.807, 2.05) is 0 Å². The monoisotopic (exact) mass is 307 g/mol. The third kappa shape index (κ3) is 0.993. The third-order valence-electron chi connectivity index (χ3n) is 0.956. The minimum atomic E-state index is 0.537. The van der Waals surface area contributed by atoms with E-state index in [0.29, 0.717) is 1.43 Å². The maximum atomic E-state index is 3.89. The van der Waals surface area contributed by atoms with Crippen LogP contribution in [0.3, 0.4) is 0 Å². The predicted octanol–water partition coefficient (Wildman–Crippen LogP) is 2.41. The maximum Gasteiger partial charge on any atom is 0.0766 e. The molecule has 1 atom stereocenters. The second-order valence-corrected chi connectivity index (χ2v) is 7.58. The second kappa shape index (κ2) is 1.47. The largest absolute Gasteiger partial charge is 0.0766 e. The van der Waals surface area contributed by atoms with Crippen molar-refractivity contribution < 1.29 is 0 Å². The van der Waals surface area contributed by atoms with E-state index in [1.54, 1.807) is 0 Å². The molecule has 6 heavy (non-hydrogen) atoms. The summed E-state index contributed by atoms with van der Waals surface area (Å²) in [7, 11) is 0. The molecule has 0 aromatic rings. The van der Waals surface area contributed by atoms with Gasteiger partial charge in [-0.15, -0.1) is 0 Å². The Balaban J connectivity index is 2.41. The molecule has 35 valence electrons. The summed E-state index contributed by atoms with van der Waals surface area (Å²) in [5, 5.41) is 0. The first-order valence-corrected chi connectivity index (χ1v) is 3.99. The van der Waals surface area contributed by atoms with Crippen LogP contribution in [0.4, 0.5) is 0 Å². The number of rotatable bonds is 0. The van der Waals surface area contributed by atoms with E-state index >= 15 is 0 Å². The van der Waals surface area contributed by atoms with E-state index in [4.69, 9.17) is 0 Å². The molecule has 1 aliphatic rings. The van der Waals surface area contributed by atoms with Crippen molar-refractivity contribution in [2.45, 2.75) is 7.85 Å². The number of alkyl halides is 2. The topological polar surface area (TPSA) is 0 Å². The van der Waals surface area contributed by atoms with Gasteiger partial charge in [-0.05, 0) is 19.3 Å². The summed E-state index contributed by atoms with van der Waals surface area (Å²) in [5.74, 6) is 0.721. The molecule has 1 saturated carbocycles. The Hall–Kier alpha value is 1.46. The normalized spacial score (nSPS) is 39.5. The Morgan fingerprint density at radius 3 is 1.83 bits per heavy atom. The molecule has 0 aliphatic heterocycles. The molecule has 0 aromatic carbocycles. The van der Waals surface area contributed by atoms with Gasteiger partial charge in [0, 0.05) is 0 Å². The quantitative estimate of drug-likeness (QED) is 0.476. The van der Waals surface area contributed by atoms with Crippen molar-refractivity contribution >= 4 is 45.2 Å². The molecule has 0 heterocycles. The summed E-state index contributed by atoms with van der Waals surface area (Å²) < 4.78 is 0.537. The number of hydrogen-bond donors (Lipinski definition) is 0. The summed E-state index contributed by atoms with van der Waals surface area (Å²) in [6, 6.07) is 0. The lowest BCUT2D eigenvalue weighted by Crippen LogP contribution is -1.79. The maximum absolute atomic E-state index is 3.89. The van der Waals surface area contributed by atoms with Gasteiger partial charge in [0.25, 0.3) is 0 Å². The average Bonchev–Trinajstić information content (AvgIpc) is 1.73. The zero-order valence-electron chi connectivity index (χ0n) is 3.25. The molecule has 1 rings (SSSR count). The molecule has 0 aromatic heterocycles. The van der Waals surface area contributed by atoms with Gasteiger partial charge in [0.1, 0.15) is 0 Å². The van der Waals surface area contributed by atoms with Gasteiger partial charge in [-0.3, -0.25) is 0 Å². The van der Waals surface area contributed by atoms with E-state index < -0.39 is 0 Å². The number of halogens is 2. The first-order valence-electron chi connectivity index (χ1n) is 1.84. The van der Waals surface area contributed by atoms with Crippen LogP contribution in [0.1, 0.15) is 6.42 Å². The van der Waals surface area contributed by atoms with Crippen LogP contribution in [0.5, 0.6) is 0 Å². The Morgan fingerprint density at radius 1 is 1.67 bits per heavy atom. The Kier molecular flexibility index (Phi) is 1.37. The molecule has 0 nitrogen and oxygen atoms in total. The van der Waals surface area contributed by atoms with E-state index in [9.17, 15) is 0 Å². The Bertz CT molecular complexity index is 67.9. The van der Waals surface area contributed by atoms with Crippen molar-refractivity contribution in [3.05, 3.63) is 6.92 Å². The van der Waals surface area contributed by atoms with E-state index in [-0.39, 0.29) is 0 Å². The highest BCUT2D eigenvalue weighted by molar-refractivity contribution is 14.2. The van der Waals surface area contributed by atoms with Gasteiger partial charge in [0.15, 0.2) is 0 Å².